The standard InChI is InChI=1S/C16H15INO6S2/c17-14-9-7-13(8-10-14)16(19)24-11-4-12-25(20,21)18-26(22,23)15-5-2-1-3-6-15/h1-3,5-10H,4,11-12H2/q-1. The number of benzene rings is 2. The van der Waals surface area contributed by atoms with Crippen LogP contribution in [0.2, 0.25) is 0 Å². The van der Waals surface area contributed by atoms with Gasteiger partial charge in [0, 0.05) is 14.2 Å². The number of esters is 1. The first-order chi connectivity index (χ1) is 12.2. The lowest BCUT2D eigenvalue weighted by Gasteiger charge is -2.20. The smallest absolute Gasteiger partial charge is 0.338 e. The summed E-state index contributed by atoms with van der Waals surface area (Å²) in [7, 11) is -8.50. The van der Waals surface area contributed by atoms with Crippen LogP contribution in [0.4, 0.5) is 0 Å². The van der Waals surface area contributed by atoms with Crippen LogP contribution < -0.4 is 0 Å². The molecule has 2 rings (SSSR count). The summed E-state index contributed by atoms with van der Waals surface area (Å²) in [5.41, 5.74) is 0.351. The Labute approximate surface area is 166 Å². The van der Waals surface area contributed by atoms with Crippen LogP contribution in [-0.2, 0) is 24.8 Å². The van der Waals surface area contributed by atoms with Gasteiger partial charge in [-0.25, -0.2) is 21.6 Å². The predicted molar refractivity (Wildman–Crippen MR) is 105 cm³/mol. The van der Waals surface area contributed by atoms with Gasteiger partial charge in [0.1, 0.15) is 10.0 Å². The van der Waals surface area contributed by atoms with Crippen molar-refractivity contribution < 1.29 is 26.4 Å². The molecule has 140 valence electrons. The molecule has 0 unspecified atom stereocenters. The Hall–Kier alpha value is -1.50. The lowest BCUT2D eigenvalue weighted by atomic mass is 10.2. The number of ether oxygens (including phenoxy) is 1. The molecular weight excluding hydrogens is 493 g/mol. The van der Waals surface area contributed by atoms with E-state index in [0.29, 0.717) is 5.56 Å². The van der Waals surface area contributed by atoms with Crippen LogP contribution in [0.3, 0.4) is 0 Å². The van der Waals surface area contributed by atoms with Crippen molar-refractivity contribution in [3.63, 3.8) is 0 Å². The van der Waals surface area contributed by atoms with Gasteiger partial charge < -0.3 is 8.86 Å². The topological polar surface area (TPSA) is 109 Å². The fraction of sp³-hybridized carbons (Fsp3) is 0.188. The van der Waals surface area contributed by atoms with E-state index in [2.05, 4.69) is 26.7 Å². The van der Waals surface area contributed by atoms with Crippen LogP contribution in [-0.4, -0.2) is 35.2 Å². The van der Waals surface area contributed by atoms with Crippen LogP contribution in [0.15, 0.2) is 59.5 Å². The second-order valence-corrected chi connectivity index (χ2v) is 9.98. The summed E-state index contributed by atoms with van der Waals surface area (Å²) in [5.74, 6) is -1.12. The molecule has 0 saturated heterocycles. The number of carbonyl (C=O) groups excluding carboxylic acids is 1. The molecule has 0 aromatic heterocycles. The minimum atomic E-state index is -4.29. The average Bonchev–Trinajstić information content (AvgIpc) is 2.59. The highest BCUT2D eigenvalue weighted by Gasteiger charge is 2.12. The number of nitrogens with zero attached hydrogens (tertiary/aromatic N) is 1. The van der Waals surface area contributed by atoms with E-state index >= 15 is 0 Å². The Balaban J connectivity index is 1.84. The van der Waals surface area contributed by atoms with E-state index in [4.69, 9.17) is 4.74 Å². The molecule has 0 saturated carbocycles. The summed E-state index contributed by atoms with van der Waals surface area (Å²) < 4.78 is 56.7. The zero-order valence-corrected chi connectivity index (χ0v) is 17.2. The molecule has 7 nitrogen and oxygen atoms in total. The van der Waals surface area contributed by atoms with Crippen molar-refractivity contribution in [2.45, 2.75) is 11.3 Å². The molecule has 10 heteroatoms. The molecule has 0 aliphatic carbocycles. The summed E-state index contributed by atoms with van der Waals surface area (Å²) in [6.45, 7) is -0.162. The molecule has 0 heterocycles. The molecule has 0 aliphatic heterocycles. The van der Waals surface area contributed by atoms with Crippen molar-refractivity contribution in [1.82, 2.24) is 0 Å². The number of halogens is 1. The lowest BCUT2D eigenvalue weighted by molar-refractivity contribution is 0.0505. The van der Waals surface area contributed by atoms with Gasteiger partial charge in [-0.1, -0.05) is 18.2 Å². The maximum Gasteiger partial charge on any atom is 0.338 e. The first-order valence-electron chi connectivity index (χ1n) is 7.39. The molecular formula is C16H15INO6S2-. The highest BCUT2D eigenvalue weighted by Crippen LogP contribution is 2.20. The van der Waals surface area contributed by atoms with Crippen molar-refractivity contribution in [3.8, 4) is 0 Å². The number of rotatable bonds is 8. The fourth-order valence-corrected chi connectivity index (χ4v) is 5.08. The predicted octanol–water partition coefficient (Wildman–Crippen LogP) is 2.93. The Kier molecular flexibility index (Phi) is 7.15. The summed E-state index contributed by atoms with van der Waals surface area (Å²) in [6, 6.07) is 13.8. The van der Waals surface area contributed by atoms with Crippen LogP contribution in [0.1, 0.15) is 16.8 Å². The van der Waals surface area contributed by atoms with E-state index in [1.54, 1.807) is 30.3 Å². The van der Waals surface area contributed by atoms with Crippen LogP contribution in [0.5, 0.6) is 0 Å². The molecule has 2 aromatic rings. The minimum Gasteiger partial charge on any atom is -0.462 e. The molecule has 0 fully saturated rings. The van der Waals surface area contributed by atoms with E-state index in [9.17, 15) is 21.6 Å². The normalized spacial score (nSPS) is 11.9. The molecule has 0 bridgehead atoms. The molecule has 0 atom stereocenters. The first-order valence-corrected chi connectivity index (χ1v) is 11.5. The summed E-state index contributed by atoms with van der Waals surface area (Å²) in [4.78, 5) is 11.6. The van der Waals surface area contributed by atoms with Gasteiger partial charge >= 0.3 is 5.97 Å². The van der Waals surface area contributed by atoms with Crippen molar-refractivity contribution >= 4 is 48.6 Å². The van der Waals surface area contributed by atoms with E-state index in [-0.39, 0.29) is 17.9 Å². The number of hydrogen-bond acceptors (Lipinski definition) is 6. The summed E-state index contributed by atoms with van der Waals surface area (Å²) >= 11 is 2.10. The quantitative estimate of drug-likeness (QED) is 0.308. The largest absolute Gasteiger partial charge is 0.462 e. The van der Waals surface area contributed by atoms with E-state index in [1.165, 1.54) is 24.3 Å². The maximum absolute atomic E-state index is 12.0. The second-order valence-electron chi connectivity index (χ2n) is 5.15. The summed E-state index contributed by atoms with van der Waals surface area (Å²) in [6.07, 6.45) is -0.0632. The van der Waals surface area contributed by atoms with Gasteiger partial charge in [0.25, 0.3) is 0 Å². The van der Waals surface area contributed by atoms with E-state index in [1.807, 2.05) is 0 Å². The van der Waals surface area contributed by atoms with Crippen molar-refractivity contribution in [3.05, 3.63) is 67.9 Å². The van der Waals surface area contributed by atoms with Crippen molar-refractivity contribution in [2.75, 3.05) is 12.4 Å². The fourth-order valence-electron chi connectivity index (χ4n) is 1.90. The second kappa shape index (κ2) is 8.93. The van der Waals surface area contributed by atoms with Crippen LogP contribution in [0.25, 0.3) is 4.13 Å². The maximum atomic E-state index is 12.0. The van der Waals surface area contributed by atoms with Gasteiger partial charge in [0.2, 0.25) is 0 Å². The van der Waals surface area contributed by atoms with E-state index in [0.717, 1.165) is 3.57 Å². The number of hydrogen-bond donors (Lipinski definition) is 0. The Morgan fingerprint density at radius 3 is 2.19 bits per heavy atom. The Morgan fingerprint density at radius 1 is 0.962 bits per heavy atom. The van der Waals surface area contributed by atoms with Gasteiger partial charge in [-0.05, 0) is 65.4 Å². The number of carbonyl (C=O) groups is 1. The SMILES string of the molecule is O=C(OCCCS(=O)(=O)[N-]S(=O)(=O)c1ccccc1)c1ccc(I)cc1. The number of sulfonamides is 2. The van der Waals surface area contributed by atoms with Crippen molar-refractivity contribution in [2.24, 2.45) is 0 Å². The monoisotopic (exact) mass is 508 g/mol. The van der Waals surface area contributed by atoms with Crippen LogP contribution >= 0.6 is 22.6 Å². The van der Waals surface area contributed by atoms with Crippen LogP contribution in [0, 0.1) is 3.57 Å². The minimum absolute atomic E-state index is 0.0632. The molecule has 26 heavy (non-hydrogen) atoms. The molecule has 0 N–H and O–H groups in total. The van der Waals surface area contributed by atoms with Gasteiger partial charge in [-0.2, -0.15) is 0 Å². The molecule has 2 aromatic carbocycles. The first kappa shape index (κ1) is 20.8. The lowest BCUT2D eigenvalue weighted by Crippen LogP contribution is -2.14. The van der Waals surface area contributed by atoms with E-state index < -0.39 is 31.8 Å². The Morgan fingerprint density at radius 2 is 1.58 bits per heavy atom. The van der Waals surface area contributed by atoms with Gasteiger partial charge in [-0.3, -0.25) is 0 Å². The molecule has 0 aliphatic rings. The van der Waals surface area contributed by atoms with Gasteiger partial charge in [-0.15, -0.1) is 0 Å². The molecule has 0 amide bonds. The third kappa shape index (κ3) is 6.34. The van der Waals surface area contributed by atoms with Crippen molar-refractivity contribution in [1.29, 1.82) is 0 Å². The molecule has 0 spiro atoms. The van der Waals surface area contributed by atoms with Gasteiger partial charge in [0.15, 0.2) is 0 Å². The van der Waals surface area contributed by atoms with Gasteiger partial charge in [0.05, 0.1) is 22.2 Å². The zero-order valence-electron chi connectivity index (χ0n) is 13.4. The third-order valence-electron chi connectivity index (χ3n) is 3.11. The highest BCUT2D eigenvalue weighted by molar-refractivity contribution is 14.1. The average molecular weight is 508 g/mol. The highest BCUT2D eigenvalue weighted by atomic mass is 127. The third-order valence-corrected chi connectivity index (χ3v) is 7.20. The zero-order chi connectivity index (χ0) is 19.2. The Bertz CT molecular complexity index is 958. The molecule has 0 radical (unpaired) electrons. The summed E-state index contributed by atoms with van der Waals surface area (Å²) in [5, 5.41) is 0.